The van der Waals surface area contributed by atoms with Crippen molar-refractivity contribution in [2.75, 3.05) is 13.1 Å². The highest BCUT2D eigenvalue weighted by Crippen LogP contribution is 2.05. The van der Waals surface area contributed by atoms with E-state index in [4.69, 9.17) is 4.74 Å². The van der Waals surface area contributed by atoms with Crippen molar-refractivity contribution in [1.82, 2.24) is 10.6 Å². The molecule has 94 valence electrons. The van der Waals surface area contributed by atoms with Crippen LogP contribution >= 0.6 is 0 Å². The summed E-state index contributed by atoms with van der Waals surface area (Å²) in [5.74, 6) is -0.483. The maximum absolute atomic E-state index is 11.2. The van der Waals surface area contributed by atoms with E-state index in [2.05, 4.69) is 10.6 Å². The molecule has 0 aromatic heterocycles. The van der Waals surface area contributed by atoms with E-state index in [1.54, 1.807) is 20.8 Å². The number of hydrogen-bond donors (Lipinski definition) is 2. The monoisotopic (exact) mass is 230 g/mol. The van der Waals surface area contributed by atoms with Gasteiger partial charge in [-0.25, -0.2) is 0 Å². The zero-order chi connectivity index (χ0) is 12.8. The molecule has 0 aromatic carbocycles. The molecular formula is C11H22N2O3. The first kappa shape index (κ1) is 14.9. The molecule has 5 nitrogen and oxygen atoms in total. The second-order valence-corrected chi connectivity index (χ2v) is 4.91. The summed E-state index contributed by atoms with van der Waals surface area (Å²) in [5, 5.41) is 5.44. The summed E-state index contributed by atoms with van der Waals surface area (Å²) >= 11 is 0. The highest BCUT2D eigenvalue weighted by atomic mass is 16.6. The summed E-state index contributed by atoms with van der Waals surface area (Å²) in [7, 11) is 0. The lowest BCUT2D eigenvalue weighted by Crippen LogP contribution is -2.40. The molecule has 0 saturated heterocycles. The van der Waals surface area contributed by atoms with Crippen molar-refractivity contribution in [1.29, 1.82) is 0 Å². The molecule has 5 heteroatoms. The van der Waals surface area contributed by atoms with E-state index in [1.165, 1.54) is 0 Å². The van der Waals surface area contributed by atoms with Crippen LogP contribution < -0.4 is 10.6 Å². The molecule has 0 aromatic rings. The van der Waals surface area contributed by atoms with Gasteiger partial charge in [0.1, 0.15) is 5.60 Å². The highest BCUT2D eigenvalue weighted by molar-refractivity contribution is 5.79. The number of ether oxygens (including phenoxy) is 1. The number of nitrogens with one attached hydrogen (secondary N) is 2. The van der Waals surface area contributed by atoms with Gasteiger partial charge in [-0.1, -0.05) is 0 Å². The second kappa shape index (κ2) is 6.48. The van der Waals surface area contributed by atoms with E-state index in [9.17, 15) is 9.59 Å². The molecule has 0 spiro atoms. The van der Waals surface area contributed by atoms with Crippen molar-refractivity contribution >= 4 is 11.9 Å². The molecule has 0 aliphatic carbocycles. The minimum absolute atomic E-state index is 0.0444. The molecule has 0 fully saturated rings. The highest BCUT2D eigenvalue weighted by Gasteiger charge is 2.15. The average molecular weight is 230 g/mol. The zero-order valence-electron chi connectivity index (χ0n) is 10.7. The standard InChI is InChI=1S/C11H22N2O3/c1-8(2)13-9(14)6-12-7-10(15)16-11(3,4)5/h8,12H,6-7H2,1-5H3,(H,13,14). The first-order valence-corrected chi connectivity index (χ1v) is 5.42. The van der Waals surface area contributed by atoms with Gasteiger partial charge < -0.3 is 10.1 Å². The van der Waals surface area contributed by atoms with Gasteiger partial charge in [0.15, 0.2) is 0 Å². The fourth-order valence-corrected chi connectivity index (χ4v) is 1.03. The second-order valence-electron chi connectivity index (χ2n) is 4.91. The Morgan fingerprint density at radius 2 is 1.75 bits per heavy atom. The normalized spacial score (nSPS) is 11.4. The Morgan fingerprint density at radius 3 is 2.19 bits per heavy atom. The number of carbonyl (C=O) groups is 2. The van der Waals surface area contributed by atoms with Crippen LogP contribution in [0.15, 0.2) is 0 Å². The number of rotatable bonds is 5. The minimum Gasteiger partial charge on any atom is -0.459 e. The summed E-state index contributed by atoms with van der Waals surface area (Å²) in [4.78, 5) is 22.4. The molecule has 0 rings (SSSR count). The minimum atomic E-state index is -0.487. The lowest BCUT2D eigenvalue weighted by molar-refractivity contribution is -0.153. The van der Waals surface area contributed by atoms with Crippen LogP contribution in [0.4, 0.5) is 0 Å². The van der Waals surface area contributed by atoms with Crippen LogP contribution in [0.1, 0.15) is 34.6 Å². The molecule has 1 amide bonds. The van der Waals surface area contributed by atoms with E-state index in [1.807, 2.05) is 13.8 Å². The predicted octanol–water partition coefficient (Wildman–Crippen LogP) is 0.442. The lowest BCUT2D eigenvalue weighted by atomic mass is 10.2. The van der Waals surface area contributed by atoms with Crippen LogP contribution in [0.2, 0.25) is 0 Å². The summed E-state index contributed by atoms with van der Waals surface area (Å²) in [6, 6.07) is 0.107. The summed E-state index contributed by atoms with van der Waals surface area (Å²) in [6.07, 6.45) is 0. The van der Waals surface area contributed by atoms with Gasteiger partial charge >= 0.3 is 5.97 Å². The molecule has 0 heterocycles. The third kappa shape index (κ3) is 9.45. The van der Waals surface area contributed by atoms with Crippen LogP contribution in [0.25, 0.3) is 0 Å². The number of esters is 1. The Bertz CT molecular complexity index is 244. The molecule has 0 aliphatic rings. The van der Waals surface area contributed by atoms with Crippen LogP contribution in [0.5, 0.6) is 0 Å². The van der Waals surface area contributed by atoms with Gasteiger partial charge in [0.05, 0.1) is 13.1 Å². The molecule has 0 aliphatic heterocycles. The van der Waals surface area contributed by atoms with E-state index in [-0.39, 0.29) is 31.0 Å². The first-order chi connectivity index (χ1) is 7.20. The van der Waals surface area contributed by atoms with Crippen LogP contribution in [-0.4, -0.2) is 36.6 Å². The first-order valence-electron chi connectivity index (χ1n) is 5.42. The SMILES string of the molecule is CC(C)NC(=O)CNCC(=O)OC(C)(C)C. The topological polar surface area (TPSA) is 67.4 Å². The lowest BCUT2D eigenvalue weighted by Gasteiger charge is -2.19. The van der Waals surface area contributed by atoms with Crippen LogP contribution in [-0.2, 0) is 14.3 Å². The third-order valence-electron chi connectivity index (χ3n) is 1.42. The number of amides is 1. The van der Waals surface area contributed by atoms with Gasteiger partial charge in [0.25, 0.3) is 0 Å². The van der Waals surface area contributed by atoms with Crippen LogP contribution in [0, 0.1) is 0 Å². The largest absolute Gasteiger partial charge is 0.459 e. The van der Waals surface area contributed by atoms with Gasteiger partial charge in [-0.15, -0.1) is 0 Å². The van der Waals surface area contributed by atoms with E-state index in [0.29, 0.717) is 0 Å². The van der Waals surface area contributed by atoms with Gasteiger partial charge in [-0.3, -0.25) is 14.9 Å². The average Bonchev–Trinajstić information content (AvgIpc) is 1.98. The molecular weight excluding hydrogens is 208 g/mol. The Kier molecular flexibility index (Phi) is 6.03. The fourth-order valence-electron chi connectivity index (χ4n) is 1.03. The smallest absolute Gasteiger partial charge is 0.320 e. The maximum atomic E-state index is 11.2. The van der Waals surface area contributed by atoms with Crippen molar-refractivity contribution in [3.05, 3.63) is 0 Å². The van der Waals surface area contributed by atoms with Crippen molar-refractivity contribution in [3.8, 4) is 0 Å². The Balaban J connectivity index is 3.66. The van der Waals surface area contributed by atoms with Crippen molar-refractivity contribution in [3.63, 3.8) is 0 Å². The summed E-state index contributed by atoms with van der Waals surface area (Å²) in [5.41, 5.74) is -0.487. The zero-order valence-corrected chi connectivity index (χ0v) is 10.7. The Hall–Kier alpha value is -1.10. The van der Waals surface area contributed by atoms with Crippen LogP contribution in [0.3, 0.4) is 0 Å². The molecule has 0 radical (unpaired) electrons. The molecule has 2 N–H and O–H groups in total. The summed E-state index contributed by atoms with van der Waals surface area (Å²) < 4.78 is 5.07. The van der Waals surface area contributed by atoms with E-state index < -0.39 is 5.60 Å². The van der Waals surface area contributed by atoms with E-state index in [0.717, 1.165) is 0 Å². The van der Waals surface area contributed by atoms with Crippen molar-refractivity contribution in [2.45, 2.75) is 46.3 Å². The summed E-state index contributed by atoms with van der Waals surface area (Å²) in [6.45, 7) is 9.33. The Morgan fingerprint density at radius 1 is 1.19 bits per heavy atom. The fraction of sp³-hybridized carbons (Fsp3) is 0.818. The molecule has 0 atom stereocenters. The van der Waals surface area contributed by atoms with Crippen molar-refractivity contribution < 1.29 is 14.3 Å². The van der Waals surface area contributed by atoms with E-state index >= 15 is 0 Å². The quantitative estimate of drug-likeness (QED) is 0.673. The van der Waals surface area contributed by atoms with Gasteiger partial charge in [-0.2, -0.15) is 0 Å². The molecule has 0 unspecified atom stereocenters. The molecule has 0 saturated carbocycles. The van der Waals surface area contributed by atoms with Crippen molar-refractivity contribution in [2.24, 2.45) is 0 Å². The predicted molar refractivity (Wildman–Crippen MR) is 62.0 cm³/mol. The molecule has 0 bridgehead atoms. The van der Waals surface area contributed by atoms with Gasteiger partial charge in [0.2, 0.25) is 5.91 Å². The van der Waals surface area contributed by atoms with Gasteiger partial charge in [-0.05, 0) is 34.6 Å². The van der Waals surface area contributed by atoms with Gasteiger partial charge in [0, 0.05) is 6.04 Å². The molecule has 16 heavy (non-hydrogen) atoms. The maximum Gasteiger partial charge on any atom is 0.320 e. The number of carbonyl (C=O) groups excluding carboxylic acids is 2. The number of hydrogen-bond acceptors (Lipinski definition) is 4. The Labute approximate surface area is 96.9 Å². The third-order valence-corrected chi connectivity index (χ3v) is 1.42.